The van der Waals surface area contributed by atoms with Gasteiger partial charge in [-0.1, -0.05) is 36.4 Å². The van der Waals surface area contributed by atoms with E-state index in [9.17, 15) is 9.59 Å². The van der Waals surface area contributed by atoms with Crippen molar-refractivity contribution in [2.45, 2.75) is 18.9 Å². The second kappa shape index (κ2) is 5.75. The standard InChI is InChI=1S/C16H16N2O2/c1-12(19)16(17,13-7-3-2-4-8-13)15(20)11-14-9-5-6-10-18-14/h2-10H,11,17H2,1H3. The molecule has 1 aromatic carbocycles. The number of carbonyl (C=O) groups is 2. The highest BCUT2D eigenvalue weighted by Crippen LogP contribution is 2.22. The van der Waals surface area contributed by atoms with Crippen molar-refractivity contribution in [2.75, 3.05) is 0 Å². The molecule has 1 aromatic heterocycles. The molecule has 1 heterocycles. The maximum atomic E-state index is 12.5. The zero-order valence-corrected chi connectivity index (χ0v) is 11.2. The maximum Gasteiger partial charge on any atom is 0.170 e. The smallest absolute Gasteiger partial charge is 0.170 e. The fourth-order valence-electron chi connectivity index (χ4n) is 2.07. The van der Waals surface area contributed by atoms with E-state index in [2.05, 4.69) is 4.98 Å². The molecular weight excluding hydrogens is 252 g/mol. The molecule has 0 aliphatic heterocycles. The molecule has 0 spiro atoms. The van der Waals surface area contributed by atoms with Gasteiger partial charge in [0.15, 0.2) is 17.1 Å². The minimum absolute atomic E-state index is 0.0335. The van der Waals surface area contributed by atoms with Crippen LogP contribution in [0.2, 0.25) is 0 Å². The molecule has 0 saturated heterocycles. The predicted octanol–water partition coefficient (Wildman–Crippen LogP) is 1.64. The van der Waals surface area contributed by atoms with Crippen LogP contribution in [-0.4, -0.2) is 16.6 Å². The SMILES string of the molecule is CC(=O)C(N)(C(=O)Cc1ccccn1)c1ccccc1. The number of aromatic nitrogens is 1. The van der Waals surface area contributed by atoms with Gasteiger partial charge in [0, 0.05) is 11.9 Å². The van der Waals surface area contributed by atoms with Crippen LogP contribution in [-0.2, 0) is 21.5 Å². The lowest BCUT2D eigenvalue weighted by Crippen LogP contribution is -2.51. The van der Waals surface area contributed by atoms with E-state index in [0.717, 1.165) is 0 Å². The third kappa shape index (κ3) is 2.65. The monoisotopic (exact) mass is 268 g/mol. The van der Waals surface area contributed by atoms with Crippen LogP contribution in [0.5, 0.6) is 0 Å². The maximum absolute atomic E-state index is 12.5. The molecule has 0 bridgehead atoms. The van der Waals surface area contributed by atoms with E-state index < -0.39 is 5.54 Å². The van der Waals surface area contributed by atoms with Crippen molar-refractivity contribution < 1.29 is 9.59 Å². The molecular formula is C16H16N2O2. The summed E-state index contributed by atoms with van der Waals surface area (Å²) in [6, 6.07) is 14.0. The van der Waals surface area contributed by atoms with Crippen molar-refractivity contribution in [1.82, 2.24) is 4.98 Å². The number of hydrogen-bond donors (Lipinski definition) is 1. The van der Waals surface area contributed by atoms with E-state index in [1.54, 1.807) is 48.7 Å². The summed E-state index contributed by atoms with van der Waals surface area (Å²) in [7, 11) is 0. The van der Waals surface area contributed by atoms with Crippen LogP contribution in [0.25, 0.3) is 0 Å². The topological polar surface area (TPSA) is 73.1 Å². The molecule has 0 aliphatic carbocycles. The lowest BCUT2D eigenvalue weighted by Gasteiger charge is -2.25. The van der Waals surface area contributed by atoms with Gasteiger partial charge in [-0.25, -0.2) is 0 Å². The van der Waals surface area contributed by atoms with E-state index in [-0.39, 0.29) is 18.0 Å². The van der Waals surface area contributed by atoms with Crippen molar-refractivity contribution in [3.8, 4) is 0 Å². The third-order valence-corrected chi connectivity index (χ3v) is 3.29. The van der Waals surface area contributed by atoms with Crippen LogP contribution in [0.1, 0.15) is 18.2 Å². The minimum Gasteiger partial charge on any atom is -0.309 e. The highest BCUT2D eigenvalue weighted by atomic mass is 16.2. The van der Waals surface area contributed by atoms with E-state index in [0.29, 0.717) is 11.3 Å². The van der Waals surface area contributed by atoms with E-state index >= 15 is 0 Å². The molecule has 4 nitrogen and oxygen atoms in total. The molecule has 0 radical (unpaired) electrons. The van der Waals surface area contributed by atoms with Gasteiger partial charge in [0.05, 0.1) is 6.42 Å². The predicted molar refractivity (Wildman–Crippen MR) is 75.9 cm³/mol. The van der Waals surface area contributed by atoms with Gasteiger partial charge < -0.3 is 5.73 Å². The molecule has 0 saturated carbocycles. The Kier molecular flexibility index (Phi) is 4.05. The summed E-state index contributed by atoms with van der Waals surface area (Å²) in [4.78, 5) is 28.5. The Morgan fingerprint density at radius 3 is 2.30 bits per heavy atom. The highest BCUT2D eigenvalue weighted by molar-refractivity contribution is 6.11. The molecule has 2 N–H and O–H groups in total. The first-order valence-electron chi connectivity index (χ1n) is 6.34. The van der Waals surface area contributed by atoms with Crippen molar-refractivity contribution in [3.05, 3.63) is 66.0 Å². The summed E-state index contributed by atoms with van der Waals surface area (Å²) >= 11 is 0. The van der Waals surface area contributed by atoms with Crippen molar-refractivity contribution >= 4 is 11.6 Å². The van der Waals surface area contributed by atoms with Crippen molar-refractivity contribution in [1.29, 1.82) is 0 Å². The molecule has 102 valence electrons. The number of Topliss-reactive ketones (excluding diaryl/α,β-unsaturated/α-hetero) is 2. The first kappa shape index (κ1) is 14.1. The van der Waals surface area contributed by atoms with Crippen LogP contribution in [0.3, 0.4) is 0 Å². The first-order valence-corrected chi connectivity index (χ1v) is 6.34. The Balaban J connectivity index is 2.34. The minimum atomic E-state index is -1.61. The number of nitrogens with two attached hydrogens (primary N) is 1. The summed E-state index contributed by atoms with van der Waals surface area (Å²) in [6.45, 7) is 1.34. The second-order valence-corrected chi connectivity index (χ2v) is 4.65. The van der Waals surface area contributed by atoms with E-state index in [1.807, 2.05) is 6.07 Å². The lowest BCUT2D eigenvalue weighted by molar-refractivity contribution is -0.133. The van der Waals surface area contributed by atoms with Gasteiger partial charge in [0.2, 0.25) is 0 Å². The molecule has 2 rings (SSSR count). The first-order chi connectivity index (χ1) is 9.55. The molecule has 0 aliphatic rings. The van der Waals surface area contributed by atoms with Gasteiger partial charge in [-0.05, 0) is 24.6 Å². The van der Waals surface area contributed by atoms with Crippen molar-refractivity contribution in [3.63, 3.8) is 0 Å². The summed E-state index contributed by atoms with van der Waals surface area (Å²) in [5, 5.41) is 0. The molecule has 2 aromatic rings. The average molecular weight is 268 g/mol. The largest absolute Gasteiger partial charge is 0.309 e. The normalized spacial score (nSPS) is 13.5. The summed E-state index contributed by atoms with van der Waals surface area (Å²) < 4.78 is 0. The number of pyridine rings is 1. The number of hydrogen-bond acceptors (Lipinski definition) is 4. The molecule has 1 unspecified atom stereocenters. The third-order valence-electron chi connectivity index (χ3n) is 3.29. The Hall–Kier alpha value is -2.33. The number of benzene rings is 1. The van der Waals surface area contributed by atoms with Gasteiger partial charge in [0.25, 0.3) is 0 Å². The molecule has 20 heavy (non-hydrogen) atoms. The summed E-state index contributed by atoms with van der Waals surface area (Å²) in [6.07, 6.45) is 1.64. The number of nitrogens with zero attached hydrogens (tertiary/aromatic N) is 1. The number of ketones is 2. The second-order valence-electron chi connectivity index (χ2n) is 4.65. The van der Waals surface area contributed by atoms with Crippen LogP contribution in [0.4, 0.5) is 0 Å². The highest BCUT2D eigenvalue weighted by Gasteiger charge is 2.40. The molecule has 0 fully saturated rings. The number of rotatable bonds is 5. The molecule has 1 atom stereocenters. The van der Waals surface area contributed by atoms with Crippen LogP contribution < -0.4 is 5.73 Å². The number of carbonyl (C=O) groups excluding carboxylic acids is 2. The van der Waals surface area contributed by atoms with Gasteiger partial charge in [0.1, 0.15) is 0 Å². The zero-order valence-electron chi connectivity index (χ0n) is 11.2. The van der Waals surface area contributed by atoms with Crippen molar-refractivity contribution in [2.24, 2.45) is 5.73 Å². The zero-order chi connectivity index (χ0) is 14.6. The molecule has 4 heteroatoms. The van der Waals surface area contributed by atoms with E-state index in [1.165, 1.54) is 6.92 Å². The Labute approximate surface area is 117 Å². The van der Waals surface area contributed by atoms with Gasteiger partial charge >= 0.3 is 0 Å². The quantitative estimate of drug-likeness (QED) is 0.837. The van der Waals surface area contributed by atoms with Gasteiger partial charge in [-0.2, -0.15) is 0 Å². The lowest BCUT2D eigenvalue weighted by atomic mass is 9.81. The fourth-order valence-corrected chi connectivity index (χ4v) is 2.07. The van der Waals surface area contributed by atoms with Gasteiger partial charge in [-0.15, -0.1) is 0 Å². The summed E-state index contributed by atoms with van der Waals surface area (Å²) in [5.41, 5.74) is 5.62. The fraction of sp³-hybridized carbons (Fsp3) is 0.188. The Morgan fingerprint density at radius 2 is 1.75 bits per heavy atom. The van der Waals surface area contributed by atoms with Crippen LogP contribution in [0, 0.1) is 0 Å². The molecule has 0 amide bonds. The van der Waals surface area contributed by atoms with Gasteiger partial charge in [-0.3, -0.25) is 14.6 Å². The average Bonchev–Trinajstić information content (AvgIpc) is 2.48. The van der Waals surface area contributed by atoms with Crippen LogP contribution in [0.15, 0.2) is 54.7 Å². The Morgan fingerprint density at radius 1 is 1.10 bits per heavy atom. The van der Waals surface area contributed by atoms with Crippen LogP contribution >= 0.6 is 0 Å². The van der Waals surface area contributed by atoms with E-state index in [4.69, 9.17) is 5.73 Å². The summed E-state index contributed by atoms with van der Waals surface area (Å²) in [5.74, 6) is -0.723. The Bertz CT molecular complexity index is 611.